The van der Waals surface area contributed by atoms with Crippen molar-refractivity contribution in [3.8, 4) is 0 Å². The zero-order chi connectivity index (χ0) is 7.28. The zero-order valence-corrected chi connectivity index (χ0v) is 14.0. The van der Waals surface area contributed by atoms with Gasteiger partial charge in [-0.3, -0.25) is 4.79 Å². The molecule has 1 atom stereocenters. The van der Waals surface area contributed by atoms with Crippen LogP contribution in [0, 0.1) is 77.3 Å². The van der Waals surface area contributed by atoms with Gasteiger partial charge in [0, 0.05) is 77.3 Å². The molecule has 3 N–H and O–H groups in total. The van der Waals surface area contributed by atoms with Crippen molar-refractivity contribution in [1.82, 2.24) is 0 Å². The second-order valence-corrected chi connectivity index (χ2v) is 2.71. The molecule has 0 heterocycles. The Morgan fingerprint density at radius 1 is 1.73 bits per heavy atom. The topological polar surface area (TPSA) is 63.3 Å². The number of nitrogens with two attached hydrogens (primary N) is 1. The molecule has 1 radical (unpaired) electrons. The fraction of sp³-hybridized carbons (Fsp3) is 0.800. The summed E-state index contributed by atoms with van der Waals surface area (Å²) in [6, 6.07) is -0.683. The van der Waals surface area contributed by atoms with E-state index in [4.69, 9.17) is 10.8 Å². The Kier molecular flexibility index (Phi) is 21.3. The van der Waals surface area contributed by atoms with Gasteiger partial charge in [-0.1, -0.05) is 0 Å². The van der Waals surface area contributed by atoms with Gasteiger partial charge < -0.3 is 10.8 Å². The van der Waals surface area contributed by atoms with Gasteiger partial charge in [0.25, 0.3) is 0 Å². The summed E-state index contributed by atoms with van der Waals surface area (Å²) < 4.78 is 0. The van der Waals surface area contributed by atoms with Crippen LogP contribution in [0.1, 0.15) is 6.42 Å². The molecule has 0 bridgehead atoms. The van der Waals surface area contributed by atoms with Gasteiger partial charge in [-0.05, 0) is 18.4 Å². The SMILES string of the molecule is CSCC[C@H](N)C(=O)O.[Ce].[La]. The molecular weight excluding hydrogens is 417 g/mol. The van der Waals surface area contributed by atoms with E-state index in [2.05, 4.69) is 0 Å². The smallest absolute Gasteiger partial charge is 0.320 e. The van der Waals surface area contributed by atoms with Gasteiger partial charge in [0.1, 0.15) is 6.04 Å². The average molecular weight is 428 g/mol. The Labute approximate surface area is 133 Å². The first-order valence-corrected chi connectivity index (χ1v) is 4.05. The monoisotopic (exact) mass is 428 g/mol. The molecule has 0 saturated carbocycles. The first-order chi connectivity index (χ1) is 4.18. The Morgan fingerprint density at radius 2 is 2.18 bits per heavy atom. The molecule has 0 aliphatic heterocycles. The Morgan fingerprint density at radius 3 is 2.45 bits per heavy atom. The largest absolute Gasteiger partial charge is 0.480 e. The first-order valence-electron chi connectivity index (χ1n) is 2.65. The molecule has 61 valence electrons. The van der Waals surface area contributed by atoms with Crippen LogP contribution in [0.2, 0.25) is 0 Å². The van der Waals surface area contributed by atoms with Crippen LogP contribution in [0.15, 0.2) is 0 Å². The fourth-order valence-corrected chi connectivity index (χ4v) is 0.858. The van der Waals surface area contributed by atoms with Crippen LogP contribution in [0.3, 0.4) is 0 Å². The predicted octanol–water partition coefficient (Wildman–Crippen LogP) is 0.151. The van der Waals surface area contributed by atoms with Gasteiger partial charge in [0.2, 0.25) is 0 Å². The van der Waals surface area contributed by atoms with Crippen LogP contribution in [-0.2, 0) is 4.79 Å². The van der Waals surface area contributed by atoms with E-state index in [-0.39, 0.29) is 77.3 Å². The van der Waals surface area contributed by atoms with E-state index in [1.54, 1.807) is 11.8 Å². The number of aliphatic carboxylic acids is 1. The van der Waals surface area contributed by atoms with E-state index in [9.17, 15) is 4.79 Å². The number of hydrogen-bond donors (Lipinski definition) is 2. The second kappa shape index (κ2) is 12.4. The molecule has 0 amide bonds. The van der Waals surface area contributed by atoms with Gasteiger partial charge in [-0.25, -0.2) is 0 Å². The van der Waals surface area contributed by atoms with Crippen LogP contribution in [0.4, 0.5) is 0 Å². The molecule has 11 heavy (non-hydrogen) atoms. The van der Waals surface area contributed by atoms with E-state index >= 15 is 0 Å². The summed E-state index contributed by atoms with van der Waals surface area (Å²) in [4.78, 5) is 10.1. The van der Waals surface area contributed by atoms with Gasteiger partial charge in [-0.15, -0.1) is 0 Å². The van der Waals surface area contributed by atoms with Crippen LogP contribution < -0.4 is 5.73 Å². The normalized spacial score (nSPS) is 10.7. The molecule has 0 spiro atoms. The van der Waals surface area contributed by atoms with E-state index in [1.807, 2.05) is 6.26 Å². The summed E-state index contributed by atoms with van der Waals surface area (Å²) in [6.45, 7) is 0. The van der Waals surface area contributed by atoms with Crippen molar-refractivity contribution >= 4 is 17.7 Å². The molecule has 0 saturated heterocycles. The summed E-state index contributed by atoms with van der Waals surface area (Å²) in [5.41, 5.74) is 5.19. The molecular formula is C5H11CeLaNO2S. The minimum Gasteiger partial charge on any atom is -0.480 e. The summed E-state index contributed by atoms with van der Waals surface area (Å²) in [5.74, 6) is -0.1000. The van der Waals surface area contributed by atoms with Crippen LogP contribution in [-0.4, -0.2) is 29.1 Å². The van der Waals surface area contributed by atoms with Crippen molar-refractivity contribution in [3.63, 3.8) is 0 Å². The van der Waals surface area contributed by atoms with E-state index < -0.39 is 12.0 Å². The third-order valence-corrected chi connectivity index (χ3v) is 1.59. The van der Waals surface area contributed by atoms with E-state index in [0.717, 1.165) is 5.75 Å². The third-order valence-electron chi connectivity index (χ3n) is 0.950. The van der Waals surface area contributed by atoms with E-state index in [0.29, 0.717) is 6.42 Å². The predicted molar refractivity (Wildman–Crippen MR) is 38.6 cm³/mol. The van der Waals surface area contributed by atoms with Crippen LogP contribution in [0.5, 0.6) is 0 Å². The Hall–Kier alpha value is 2.35. The van der Waals surface area contributed by atoms with Crippen molar-refractivity contribution in [2.45, 2.75) is 12.5 Å². The number of thioether (sulfide) groups is 1. The molecule has 0 aromatic carbocycles. The molecule has 0 aliphatic rings. The Bertz CT molecular complexity index is 106. The van der Waals surface area contributed by atoms with Crippen molar-refractivity contribution < 1.29 is 87.2 Å². The maximum atomic E-state index is 10.1. The number of carboxylic acid groups (broad SMARTS) is 1. The number of hydrogen-bond acceptors (Lipinski definition) is 3. The standard InChI is InChI=1S/C5H11NO2S.Ce.La/c1-9-3-2-4(6)5(7)8;;/h4H,2-3,6H2,1H3,(H,7,8);;/t4-;;/m0../s1. The van der Waals surface area contributed by atoms with Gasteiger partial charge >= 0.3 is 5.97 Å². The van der Waals surface area contributed by atoms with Crippen molar-refractivity contribution in [1.29, 1.82) is 0 Å². The number of rotatable bonds is 4. The fourth-order valence-electron chi connectivity index (χ4n) is 0.368. The molecule has 3 nitrogen and oxygen atoms in total. The summed E-state index contributed by atoms with van der Waals surface area (Å²) in [5, 5.41) is 8.27. The van der Waals surface area contributed by atoms with Crippen molar-refractivity contribution in [2.75, 3.05) is 12.0 Å². The number of carboxylic acids is 1. The quantitative estimate of drug-likeness (QED) is 0.670. The second-order valence-electron chi connectivity index (χ2n) is 1.73. The summed E-state index contributed by atoms with van der Waals surface area (Å²) in [7, 11) is 0. The summed E-state index contributed by atoms with van der Waals surface area (Å²) in [6.07, 6.45) is 2.48. The van der Waals surface area contributed by atoms with Crippen LogP contribution >= 0.6 is 11.8 Å². The first kappa shape index (κ1) is 19.0. The molecule has 0 unspecified atom stereocenters. The van der Waals surface area contributed by atoms with Gasteiger partial charge in [0.05, 0.1) is 0 Å². The minimum absolute atomic E-state index is 0. The number of carbonyl (C=O) groups is 1. The van der Waals surface area contributed by atoms with Crippen LogP contribution in [0.25, 0.3) is 0 Å². The van der Waals surface area contributed by atoms with Crippen molar-refractivity contribution in [3.05, 3.63) is 0 Å². The maximum absolute atomic E-state index is 10.1. The molecule has 6 heteroatoms. The average Bonchev–Trinajstić information content (AvgIpc) is 1.82. The molecule has 0 aromatic heterocycles. The molecule has 0 aromatic rings. The molecule has 0 aliphatic carbocycles. The zero-order valence-electron chi connectivity index (χ0n) is 6.41. The minimum atomic E-state index is -0.913. The summed E-state index contributed by atoms with van der Waals surface area (Å²) >= 11 is 1.60. The third kappa shape index (κ3) is 12.4. The van der Waals surface area contributed by atoms with Gasteiger partial charge in [-0.2, -0.15) is 11.8 Å². The molecule has 0 rings (SSSR count). The Balaban J connectivity index is -0.000000320. The van der Waals surface area contributed by atoms with Crippen molar-refractivity contribution in [2.24, 2.45) is 5.73 Å². The molecule has 0 fully saturated rings. The maximum Gasteiger partial charge on any atom is 0.320 e. The van der Waals surface area contributed by atoms with Gasteiger partial charge in [0.15, 0.2) is 0 Å². The van der Waals surface area contributed by atoms with E-state index in [1.165, 1.54) is 0 Å².